The van der Waals surface area contributed by atoms with Crippen LogP contribution in [-0.2, 0) is 9.53 Å². The molecule has 4 saturated carbocycles. The number of ether oxygens (including phenoxy) is 1. The van der Waals surface area contributed by atoms with Gasteiger partial charge in [0.1, 0.15) is 5.60 Å². The quantitative estimate of drug-likeness (QED) is 0.439. The summed E-state index contributed by atoms with van der Waals surface area (Å²) in [5.41, 5.74) is 4.23. The van der Waals surface area contributed by atoms with Crippen molar-refractivity contribution in [1.29, 1.82) is 0 Å². The molecule has 2 nitrogen and oxygen atoms in total. The summed E-state index contributed by atoms with van der Waals surface area (Å²) in [5, 5.41) is 0. The number of esters is 1. The monoisotopic (exact) mass is 486 g/mol. The fourth-order valence-electron chi connectivity index (χ4n) is 5.76. The van der Waals surface area contributed by atoms with Crippen LogP contribution in [0.3, 0.4) is 0 Å². The minimum atomic E-state index is -0.124. The van der Waals surface area contributed by atoms with Gasteiger partial charge in [-0.2, -0.15) is 0 Å². The first-order chi connectivity index (χ1) is 12.8. The third-order valence-electron chi connectivity index (χ3n) is 7.39. The molecule has 0 N–H and O–H groups in total. The maximum absolute atomic E-state index is 11.6. The van der Waals surface area contributed by atoms with Gasteiger partial charge in [-0.25, -0.2) is 0 Å². The first-order valence-electron chi connectivity index (χ1n) is 10.6. The molecule has 0 spiro atoms. The van der Waals surface area contributed by atoms with Crippen molar-refractivity contribution >= 4 is 30.5 Å². The Kier molecular flexibility index (Phi) is 6.64. The van der Waals surface area contributed by atoms with Gasteiger partial charge in [-0.1, -0.05) is 6.92 Å². The van der Waals surface area contributed by atoms with Crippen LogP contribution in [0.4, 0.5) is 0 Å². The summed E-state index contributed by atoms with van der Waals surface area (Å²) >= 11 is 0.0967. The van der Waals surface area contributed by atoms with E-state index in [0.29, 0.717) is 18.3 Å². The van der Waals surface area contributed by atoms with Gasteiger partial charge in [0.2, 0.25) is 0 Å². The number of carbonyl (C=O) groups excluding carboxylic acids is 1. The van der Waals surface area contributed by atoms with Gasteiger partial charge < -0.3 is 4.74 Å². The average molecular weight is 484 g/mol. The first kappa shape index (κ1) is 21.2. The van der Waals surface area contributed by atoms with E-state index in [-0.39, 0.29) is 32.5 Å². The molecule has 0 saturated heterocycles. The van der Waals surface area contributed by atoms with E-state index in [9.17, 15) is 4.79 Å². The van der Waals surface area contributed by atoms with Crippen molar-refractivity contribution in [2.45, 2.75) is 83.7 Å². The van der Waals surface area contributed by atoms with Crippen molar-refractivity contribution in [1.82, 2.24) is 0 Å². The Morgan fingerprint density at radius 1 is 1.00 bits per heavy atom. The molecule has 1 aromatic carbocycles. The number of aryl methyl sites for hydroxylation is 3. The van der Waals surface area contributed by atoms with Crippen molar-refractivity contribution in [2.24, 2.45) is 23.7 Å². The number of rotatable bonds is 3. The molecule has 4 aliphatic rings. The van der Waals surface area contributed by atoms with E-state index in [0.717, 1.165) is 11.8 Å². The van der Waals surface area contributed by atoms with Crippen molar-refractivity contribution in [2.75, 3.05) is 0 Å². The molecule has 27 heavy (non-hydrogen) atoms. The Morgan fingerprint density at radius 3 is 2.00 bits per heavy atom. The van der Waals surface area contributed by atoms with Gasteiger partial charge in [0.15, 0.2) is 0 Å². The van der Waals surface area contributed by atoms with E-state index < -0.39 is 0 Å². The zero-order valence-corrected chi connectivity index (χ0v) is 20.3. The molecule has 0 aliphatic heterocycles. The van der Waals surface area contributed by atoms with Crippen LogP contribution in [0.15, 0.2) is 12.1 Å². The second kappa shape index (κ2) is 8.46. The average Bonchev–Trinajstić information content (AvgIpc) is 2.63. The van der Waals surface area contributed by atoms with Crippen molar-refractivity contribution in [3.05, 3.63) is 28.8 Å². The predicted octanol–water partition coefficient (Wildman–Crippen LogP) is 5.14. The fourth-order valence-corrected chi connectivity index (χ4v) is 7.69. The van der Waals surface area contributed by atoms with Crippen LogP contribution < -0.4 is 3.61 Å². The number of carbonyl (C=O) groups is 1. The third-order valence-corrected chi connectivity index (χ3v) is 9.90. The summed E-state index contributed by atoms with van der Waals surface area (Å²) in [6.07, 6.45) is 7.19. The molecule has 4 bridgehead atoms. The van der Waals surface area contributed by atoms with Crippen molar-refractivity contribution in [3.63, 3.8) is 0 Å². The van der Waals surface area contributed by atoms with Crippen LogP contribution >= 0.6 is 0 Å². The van der Waals surface area contributed by atoms with Crippen LogP contribution in [0.2, 0.25) is 4.97 Å². The second-order valence-corrected chi connectivity index (χ2v) is 11.6. The van der Waals surface area contributed by atoms with Crippen LogP contribution in [0.25, 0.3) is 0 Å². The minimum absolute atomic E-state index is 0.00465. The maximum atomic E-state index is 11.6. The van der Waals surface area contributed by atoms with Gasteiger partial charge >= 0.3 is 85.1 Å². The standard InChI is InChI=1S/C14H22O2.C10H14Te/c1-3-13(15)16-14(2)11-5-9-4-10(7-11)8-12(14)6-9;1-7-5-9(3)10(11-4)6-8(7)2/h9-12H,3-8H2,1-2H3;5-6H,1-4H3. The molecule has 3 heteroatoms. The SMILES string of the molecule is CCC(=O)OC1(C)C2CC3CC(C2)CC1C3.C[Te]c1cc(C)c(C)cc1C. The molecule has 0 aromatic heterocycles. The van der Waals surface area contributed by atoms with E-state index >= 15 is 0 Å². The van der Waals surface area contributed by atoms with Gasteiger partial charge in [-0.05, 0) is 62.7 Å². The molecule has 0 radical (unpaired) electrons. The number of hydrogen-bond acceptors (Lipinski definition) is 2. The summed E-state index contributed by atoms with van der Waals surface area (Å²) in [6.45, 7) is 10.7. The van der Waals surface area contributed by atoms with Gasteiger partial charge in [0, 0.05) is 6.42 Å². The molecule has 5 rings (SSSR count). The molecular weight excluding hydrogens is 448 g/mol. The Hall–Kier alpha value is -0.520. The summed E-state index contributed by atoms with van der Waals surface area (Å²) in [4.78, 5) is 13.9. The molecule has 1 aromatic rings. The molecule has 0 heterocycles. The fraction of sp³-hybridized carbons (Fsp3) is 0.708. The molecule has 150 valence electrons. The van der Waals surface area contributed by atoms with E-state index in [1.165, 1.54) is 48.8 Å². The van der Waals surface area contributed by atoms with E-state index in [1.54, 1.807) is 3.61 Å². The van der Waals surface area contributed by atoms with Gasteiger partial charge in [0.05, 0.1) is 0 Å². The molecular formula is C24H36O2Te. The van der Waals surface area contributed by atoms with Crippen LogP contribution in [0, 0.1) is 44.4 Å². The van der Waals surface area contributed by atoms with E-state index in [4.69, 9.17) is 4.74 Å². The Balaban J connectivity index is 0.000000168. The third kappa shape index (κ3) is 4.40. The molecule has 0 unspecified atom stereocenters. The zero-order chi connectivity index (χ0) is 19.8. The second-order valence-electron chi connectivity index (χ2n) is 9.22. The van der Waals surface area contributed by atoms with E-state index in [2.05, 4.69) is 44.8 Å². The van der Waals surface area contributed by atoms with Gasteiger partial charge in [-0.3, -0.25) is 4.79 Å². The number of benzene rings is 1. The summed E-state index contributed by atoms with van der Waals surface area (Å²) < 4.78 is 7.43. The zero-order valence-electron chi connectivity index (χ0n) is 17.9. The molecule has 0 atom stereocenters. The summed E-state index contributed by atoms with van der Waals surface area (Å²) in [5.74, 6) is 3.18. The van der Waals surface area contributed by atoms with E-state index in [1.807, 2.05) is 6.92 Å². The summed E-state index contributed by atoms with van der Waals surface area (Å²) in [6, 6.07) is 4.66. The van der Waals surface area contributed by atoms with Crippen molar-refractivity contribution in [3.8, 4) is 0 Å². The molecule has 4 fully saturated rings. The normalized spacial score (nSPS) is 33.4. The molecule has 4 aliphatic carbocycles. The van der Waals surface area contributed by atoms with Gasteiger partial charge in [-0.15, -0.1) is 0 Å². The Labute approximate surface area is 175 Å². The topological polar surface area (TPSA) is 26.3 Å². The first-order valence-corrected chi connectivity index (χ1v) is 14.1. The van der Waals surface area contributed by atoms with Crippen molar-refractivity contribution < 1.29 is 9.53 Å². The molecule has 0 amide bonds. The summed E-state index contributed by atoms with van der Waals surface area (Å²) in [7, 11) is 0. The van der Waals surface area contributed by atoms with Gasteiger partial charge in [0.25, 0.3) is 0 Å². The Morgan fingerprint density at radius 2 is 1.52 bits per heavy atom. The Bertz CT molecular complexity index is 666. The van der Waals surface area contributed by atoms with Crippen LogP contribution in [0.1, 0.15) is 69.1 Å². The van der Waals surface area contributed by atoms with Crippen LogP contribution in [-0.4, -0.2) is 32.5 Å². The van der Waals surface area contributed by atoms with Crippen LogP contribution in [0.5, 0.6) is 0 Å². The predicted molar refractivity (Wildman–Crippen MR) is 114 cm³/mol. The number of hydrogen-bond donors (Lipinski definition) is 0.